The highest BCUT2D eigenvalue weighted by molar-refractivity contribution is 7.88. The van der Waals surface area contributed by atoms with Crippen LogP contribution in [0.5, 0.6) is 0 Å². The molecule has 0 aliphatic carbocycles. The number of sulfonamides is 1. The first-order valence-electron chi connectivity index (χ1n) is 6.60. The van der Waals surface area contributed by atoms with Gasteiger partial charge in [-0.2, -0.15) is 4.31 Å². The highest BCUT2D eigenvalue weighted by Crippen LogP contribution is 2.30. The van der Waals surface area contributed by atoms with E-state index in [2.05, 4.69) is 0 Å². The van der Waals surface area contributed by atoms with Gasteiger partial charge in [-0.25, -0.2) is 8.42 Å². The van der Waals surface area contributed by atoms with E-state index in [1.165, 1.54) is 10.6 Å². The first kappa shape index (κ1) is 14.8. The van der Waals surface area contributed by atoms with Gasteiger partial charge in [-0.15, -0.1) is 0 Å². The monoisotopic (exact) mass is 289 g/mol. The third kappa shape index (κ3) is 3.26. The van der Waals surface area contributed by atoms with Gasteiger partial charge in [-0.3, -0.25) is 0 Å². The zero-order chi connectivity index (χ0) is 14.6. The SMILES string of the molecule is CCN(C(c1ccccc1)c1ccccc1)S(C)(=O)=O. The van der Waals surface area contributed by atoms with Gasteiger partial charge < -0.3 is 0 Å². The van der Waals surface area contributed by atoms with Crippen molar-refractivity contribution in [1.82, 2.24) is 4.31 Å². The molecule has 0 N–H and O–H groups in total. The lowest BCUT2D eigenvalue weighted by atomic mass is 9.99. The number of rotatable bonds is 5. The molecule has 0 amide bonds. The Morgan fingerprint density at radius 1 is 0.900 bits per heavy atom. The molecule has 0 radical (unpaired) electrons. The normalized spacial score (nSPS) is 12.0. The molecule has 0 fully saturated rings. The van der Waals surface area contributed by atoms with Gasteiger partial charge in [-0.05, 0) is 11.1 Å². The summed E-state index contributed by atoms with van der Waals surface area (Å²) in [5.74, 6) is 0. The molecule has 2 aromatic carbocycles. The van der Waals surface area contributed by atoms with Gasteiger partial charge in [0.15, 0.2) is 0 Å². The zero-order valence-electron chi connectivity index (χ0n) is 11.7. The molecule has 0 aliphatic rings. The highest BCUT2D eigenvalue weighted by Gasteiger charge is 2.27. The summed E-state index contributed by atoms with van der Waals surface area (Å²) in [6.45, 7) is 2.30. The second-order valence-electron chi connectivity index (χ2n) is 4.69. The van der Waals surface area contributed by atoms with Gasteiger partial charge in [-0.1, -0.05) is 67.6 Å². The predicted molar refractivity (Wildman–Crippen MR) is 82.0 cm³/mol. The molecular weight excluding hydrogens is 270 g/mol. The molecule has 0 heterocycles. The summed E-state index contributed by atoms with van der Waals surface area (Å²) in [4.78, 5) is 0. The Hall–Kier alpha value is -1.65. The van der Waals surface area contributed by atoms with Crippen LogP contribution < -0.4 is 0 Å². The Morgan fingerprint density at radius 3 is 1.60 bits per heavy atom. The van der Waals surface area contributed by atoms with Crippen molar-refractivity contribution in [2.24, 2.45) is 0 Å². The standard InChI is InChI=1S/C16H19NO2S/c1-3-17(20(2,18)19)16(14-10-6-4-7-11-14)15-12-8-5-9-13-15/h4-13,16H,3H2,1-2H3. The molecule has 2 aromatic rings. The van der Waals surface area contributed by atoms with Gasteiger partial charge in [0.05, 0.1) is 12.3 Å². The molecule has 106 valence electrons. The molecule has 0 spiro atoms. The predicted octanol–water partition coefficient (Wildman–Crippen LogP) is 3.06. The summed E-state index contributed by atoms with van der Waals surface area (Å²) in [5, 5.41) is 0. The van der Waals surface area contributed by atoms with Gasteiger partial charge in [0.25, 0.3) is 0 Å². The Kier molecular flexibility index (Phi) is 4.57. The van der Waals surface area contributed by atoms with Crippen LogP contribution in [-0.4, -0.2) is 25.5 Å². The van der Waals surface area contributed by atoms with Crippen LogP contribution in [0.2, 0.25) is 0 Å². The van der Waals surface area contributed by atoms with E-state index in [-0.39, 0.29) is 6.04 Å². The summed E-state index contributed by atoms with van der Waals surface area (Å²) in [7, 11) is -3.28. The number of hydrogen-bond donors (Lipinski definition) is 0. The number of hydrogen-bond acceptors (Lipinski definition) is 2. The van der Waals surface area contributed by atoms with Gasteiger partial charge in [0.2, 0.25) is 10.0 Å². The maximum atomic E-state index is 12.1. The Morgan fingerprint density at radius 2 is 1.30 bits per heavy atom. The van der Waals surface area contributed by atoms with Gasteiger partial charge in [0.1, 0.15) is 0 Å². The van der Waals surface area contributed by atoms with Gasteiger partial charge in [0, 0.05) is 6.54 Å². The zero-order valence-corrected chi connectivity index (χ0v) is 12.5. The van der Waals surface area contributed by atoms with Crippen molar-refractivity contribution in [3.05, 3.63) is 71.8 Å². The van der Waals surface area contributed by atoms with Crippen LogP contribution in [0.1, 0.15) is 24.1 Å². The maximum absolute atomic E-state index is 12.1. The molecule has 0 saturated heterocycles. The summed E-state index contributed by atoms with van der Waals surface area (Å²) < 4.78 is 25.7. The Bertz CT molecular complexity index is 599. The molecule has 0 atom stereocenters. The summed E-state index contributed by atoms with van der Waals surface area (Å²) >= 11 is 0. The second kappa shape index (κ2) is 6.20. The van der Waals surface area contributed by atoms with Crippen molar-refractivity contribution in [3.8, 4) is 0 Å². The van der Waals surface area contributed by atoms with Crippen molar-refractivity contribution >= 4 is 10.0 Å². The molecule has 0 unspecified atom stereocenters. The van der Waals surface area contributed by atoms with E-state index in [1.54, 1.807) is 0 Å². The largest absolute Gasteiger partial charge is 0.212 e. The molecule has 3 nitrogen and oxygen atoms in total. The van der Waals surface area contributed by atoms with Crippen LogP contribution in [0.25, 0.3) is 0 Å². The van der Waals surface area contributed by atoms with E-state index in [4.69, 9.17) is 0 Å². The van der Waals surface area contributed by atoms with E-state index in [0.29, 0.717) is 6.54 Å². The van der Waals surface area contributed by atoms with Crippen molar-refractivity contribution in [2.75, 3.05) is 12.8 Å². The van der Waals surface area contributed by atoms with Crippen molar-refractivity contribution in [2.45, 2.75) is 13.0 Å². The minimum absolute atomic E-state index is 0.280. The second-order valence-corrected chi connectivity index (χ2v) is 6.63. The van der Waals surface area contributed by atoms with E-state index in [0.717, 1.165) is 11.1 Å². The topological polar surface area (TPSA) is 37.4 Å². The fraction of sp³-hybridized carbons (Fsp3) is 0.250. The summed E-state index contributed by atoms with van der Waals surface area (Å²) in [5.41, 5.74) is 1.96. The smallest absolute Gasteiger partial charge is 0.212 e. The molecular formula is C16H19NO2S. The van der Waals surface area contributed by atoms with E-state index in [9.17, 15) is 8.42 Å². The van der Waals surface area contributed by atoms with Crippen LogP contribution in [-0.2, 0) is 10.0 Å². The number of nitrogens with zero attached hydrogens (tertiary/aromatic N) is 1. The minimum atomic E-state index is -3.28. The third-order valence-electron chi connectivity index (χ3n) is 3.26. The van der Waals surface area contributed by atoms with Gasteiger partial charge >= 0.3 is 0 Å². The first-order chi connectivity index (χ1) is 9.54. The number of benzene rings is 2. The molecule has 2 rings (SSSR count). The first-order valence-corrected chi connectivity index (χ1v) is 8.45. The third-order valence-corrected chi connectivity index (χ3v) is 4.58. The summed E-state index contributed by atoms with van der Waals surface area (Å²) in [6.07, 6.45) is 1.26. The van der Waals surface area contributed by atoms with Crippen molar-refractivity contribution in [1.29, 1.82) is 0 Å². The maximum Gasteiger partial charge on any atom is 0.212 e. The molecule has 20 heavy (non-hydrogen) atoms. The average Bonchev–Trinajstić information content (AvgIpc) is 2.45. The van der Waals surface area contributed by atoms with E-state index < -0.39 is 10.0 Å². The molecule has 0 saturated carbocycles. The molecule has 4 heteroatoms. The van der Waals surface area contributed by atoms with Crippen molar-refractivity contribution < 1.29 is 8.42 Å². The Balaban J connectivity index is 2.56. The summed E-state index contributed by atoms with van der Waals surface area (Å²) in [6, 6.07) is 19.2. The lowest BCUT2D eigenvalue weighted by Crippen LogP contribution is -2.34. The fourth-order valence-electron chi connectivity index (χ4n) is 2.40. The lowest BCUT2D eigenvalue weighted by Gasteiger charge is -2.29. The van der Waals surface area contributed by atoms with E-state index >= 15 is 0 Å². The minimum Gasteiger partial charge on any atom is -0.212 e. The quantitative estimate of drug-likeness (QED) is 0.848. The van der Waals surface area contributed by atoms with E-state index in [1.807, 2.05) is 67.6 Å². The van der Waals surface area contributed by atoms with Crippen molar-refractivity contribution in [3.63, 3.8) is 0 Å². The molecule has 0 aliphatic heterocycles. The van der Waals surface area contributed by atoms with Crippen LogP contribution in [0.3, 0.4) is 0 Å². The molecule has 0 bridgehead atoms. The molecule has 0 aromatic heterocycles. The lowest BCUT2D eigenvalue weighted by molar-refractivity contribution is 0.379. The fourth-order valence-corrected chi connectivity index (χ4v) is 3.50. The Labute approximate surface area is 120 Å². The van der Waals surface area contributed by atoms with Crippen LogP contribution in [0.4, 0.5) is 0 Å². The average molecular weight is 289 g/mol. The van der Waals surface area contributed by atoms with Crippen LogP contribution in [0.15, 0.2) is 60.7 Å². The van der Waals surface area contributed by atoms with Crippen LogP contribution in [0, 0.1) is 0 Å². The van der Waals surface area contributed by atoms with Crippen LogP contribution >= 0.6 is 0 Å². The highest BCUT2D eigenvalue weighted by atomic mass is 32.2.